The van der Waals surface area contributed by atoms with Crippen molar-refractivity contribution in [2.75, 3.05) is 31.1 Å². The number of fused-ring (bicyclic) bond motifs is 1. The van der Waals surface area contributed by atoms with E-state index in [1.54, 1.807) is 56.6 Å². The SMILES string of the molecule is CCC(=O)NCCN1C(=O)C(C)(C)Oc2cc(C)c(C(=O)N(C(C)C)[C@@H]3CCCN(C(=O)OC(C)OC(=O)[C@H](N)C(C)C)C3)cc21. The smallest absolute Gasteiger partial charge is 0.412 e. The number of anilines is 1. The van der Waals surface area contributed by atoms with Crippen LogP contribution in [-0.2, 0) is 23.9 Å². The number of hydrogen-bond acceptors (Lipinski definition) is 9. The summed E-state index contributed by atoms with van der Waals surface area (Å²) in [4.78, 5) is 69.6. The molecule has 1 saturated heterocycles. The molecule has 2 heterocycles. The zero-order valence-corrected chi connectivity index (χ0v) is 28.7. The molecule has 3 N–H and O–H groups in total. The van der Waals surface area contributed by atoms with Crippen molar-refractivity contribution in [3.63, 3.8) is 0 Å². The van der Waals surface area contributed by atoms with Crippen LogP contribution < -0.4 is 20.7 Å². The summed E-state index contributed by atoms with van der Waals surface area (Å²) in [5.74, 6) is -0.939. The highest BCUT2D eigenvalue weighted by Crippen LogP contribution is 2.40. The average Bonchev–Trinajstić information content (AvgIpc) is 2.97. The highest BCUT2D eigenvalue weighted by atomic mass is 16.7. The first kappa shape index (κ1) is 36.6. The van der Waals surface area contributed by atoms with Crippen molar-refractivity contribution in [3.8, 4) is 5.75 Å². The van der Waals surface area contributed by atoms with Crippen LogP contribution in [0.15, 0.2) is 12.1 Å². The second kappa shape index (κ2) is 15.1. The minimum atomic E-state index is -1.13. The number of nitrogens with two attached hydrogens (primary N) is 1. The summed E-state index contributed by atoms with van der Waals surface area (Å²) < 4.78 is 16.7. The van der Waals surface area contributed by atoms with Crippen molar-refractivity contribution in [2.45, 2.75) is 112 Å². The van der Waals surface area contributed by atoms with Crippen LogP contribution in [0.25, 0.3) is 0 Å². The molecule has 13 nitrogen and oxygen atoms in total. The van der Waals surface area contributed by atoms with Crippen molar-refractivity contribution in [1.29, 1.82) is 0 Å². The molecule has 0 aliphatic carbocycles. The minimum Gasteiger partial charge on any atom is -0.476 e. The Morgan fingerprint density at radius 3 is 2.41 bits per heavy atom. The Morgan fingerprint density at radius 2 is 1.80 bits per heavy atom. The molecule has 1 aromatic rings. The lowest BCUT2D eigenvalue weighted by Gasteiger charge is -2.42. The number of benzene rings is 1. The van der Waals surface area contributed by atoms with Crippen LogP contribution in [0.2, 0.25) is 0 Å². The van der Waals surface area contributed by atoms with Crippen LogP contribution in [0.1, 0.15) is 90.6 Å². The quantitative estimate of drug-likeness (QED) is 0.272. The van der Waals surface area contributed by atoms with Crippen LogP contribution in [0.5, 0.6) is 5.75 Å². The van der Waals surface area contributed by atoms with E-state index in [1.165, 1.54) is 11.8 Å². The molecule has 2 aliphatic heterocycles. The Bertz CT molecular complexity index is 1310. The van der Waals surface area contributed by atoms with Gasteiger partial charge in [-0.05, 0) is 71.1 Å². The van der Waals surface area contributed by atoms with Crippen LogP contribution in [0.3, 0.4) is 0 Å². The summed E-state index contributed by atoms with van der Waals surface area (Å²) in [5.41, 5.74) is 6.27. The number of aryl methyl sites for hydroxylation is 1. The van der Waals surface area contributed by atoms with Gasteiger partial charge in [-0.3, -0.25) is 19.2 Å². The maximum Gasteiger partial charge on any atom is 0.412 e. The van der Waals surface area contributed by atoms with E-state index in [2.05, 4.69) is 5.32 Å². The van der Waals surface area contributed by atoms with Gasteiger partial charge < -0.3 is 40.0 Å². The van der Waals surface area contributed by atoms with Gasteiger partial charge >= 0.3 is 12.1 Å². The number of rotatable bonds is 11. The lowest BCUT2D eigenvalue weighted by atomic mass is 9.97. The van der Waals surface area contributed by atoms with Crippen molar-refractivity contribution in [2.24, 2.45) is 11.7 Å². The molecule has 0 aromatic heterocycles. The fraction of sp³-hybridized carbons (Fsp3) is 0.667. The fourth-order valence-corrected chi connectivity index (χ4v) is 5.66. The van der Waals surface area contributed by atoms with Gasteiger partial charge in [-0.2, -0.15) is 0 Å². The van der Waals surface area contributed by atoms with Crippen molar-refractivity contribution >= 4 is 35.5 Å². The van der Waals surface area contributed by atoms with Gasteiger partial charge in [0, 0.05) is 51.1 Å². The zero-order valence-electron chi connectivity index (χ0n) is 28.7. The predicted molar refractivity (Wildman–Crippen MR) is 172 cm³/mol. The van der Waals surface area contributed by atoms with Crippen molar-refractivity contribution < 1.29 is 38.2 Å². The Kier molecular flexibility index (Phi) is 12.0. The molecular weight excluding hydrogens is 594 g/mol. The summed E-state index contributed by atoms with van der Waals surface area (Å²) in [6.45, 7) is 17.0. The maximum atomic E-state index is 14.3. The van der Waals surface area contributed by atoms with E-state index >= 15 is 0 Å². The monoisotopic (exact) mass is 645 g/mol. The number of likely N-dealkylation sites (tertiary alicyclic amines) is 1. The molecule has 3 atom stereocenters. The van der Waals surface area contributed by atoms with Gasteiger partial charge in [-0.15, -0.1) is 0 Å². The molecule has 1 unspecified atom stereocenters. The average molecular weight is 646 g/mol. The summed E-state index contributed by atoms with van der Waals surface area (Å²) in [7, 11) is 0. The third-order valence-electron chi connectivity index (χ3n) is 8.31. The summed E-state index contributed by atoms with van der Waals surface area (Å²) >= 11 is 0. The number of piperidine rings is 1. The third-order valence-corrected chi connectivity index (χ3v) is 8.31. The van der Waals surface area contributed by atoms with E-state index < -0.39 is 30.0 Å². The molecule has 1 fully saturated rings. The lowest BCUT2D eigenvalue weighted by Crippen LogP contribution is -2.55. The van der Waals surface area contributed by atoms with Crippen LogP contribution >= 0.6 is 0 Å². The summed E-state index contributed by atoms with van der Waals surface area (Å²) in [5, 5.41) is 2.81. The molecule has 13 heteroatoms. The van der Waals surface area contributed by atoms with Gasteiger partial charge in [0.2, 0.25) is 12.2 Å². The number of amides is 4. The third kappa shape index (κ3) is 8.48. The van der Waals surface area contributed by atoms with E-state index in [9.17, 15) is 24.0 Å². The fourth-order valence-electron chi connectivity index (χ4n) is 5.66. The van der Waals surface area contributed by atoms with Crippen molar-refractivity contribution in [1.82, 2.24) is 15.1 Å². The maximum absolute atomic E-state index is 14.3. The number of carbonyl (C=O) groups excluding carboxylic acids is 5. The molecule has 0 saturated carbocycles. The number of ether oxygens (including phenoxy) is 3. The standard InChI is InChI=1S/C33H51N5O8/c1-10-27(39)35-13-15-37-25-17-24(21(6)16-26(25)46-33(8,9)31(37)42)29(40)38(20(4)5)23-12-11-14-36(18-23)32(43)45-22(7)44-30(41)28(34)19(2)3/h16-17,19-20,22-23,28H,10-15,18,34H2,1-9H3,(H,35,39)/t22?,23-,28-/m1/s1. The van der Waals surface area contributed by atoms with E-state index in [0.717, 1.165) is 0 Å². The molecule has 4 amide bonds. The van der Waals surface area contributed by atoms with Gasteiger partial charge in [0.15, 0.2) is 5.60 Å². The molecule has 3 rings (SSSR count). The van der Waals surface area contributed by atoms with Crippen LogP contribution in [0.4, 0.5) is 10.5 Å². The Labute approximate surface area is 272 Å². The first-order valence-corrected chi connectivity index (χ1v) is 16.1. The highest BCUT2D eigenvalue weighted by molar-refractivity contribution is 6.05. The second-order valence-corrected chi connectivity index (χ2v) is 13.1. The van der Waals surface area contributed by atoms with Gasteiger partial charge in [0.25, 0.3) is 11.8 Å². The number of carbonyl (C=O) groups is 5. The molecule has 46 heavy (non-hydrogen) atoms. The Hall–Kier alpha value is -3.87. The molecule has 0 bridgehead atoms. The number of nitrogens with one attached hydrogen (secondary N) is 1. The normalized spacial score (nSPS) is 18.8. The number of hydrogen-bond donors (Lipinski definition) is 2. The van der Waals surface area contributed by atoms with Crippen molar-refractivity contribution in [3.05, 3.63) is 23.3 Å². The molecule has 0 radical (unpaired) electrons. The predicted octanol–water partition coefficient (Wildman–Crippen LogP) is 3.35. The van der Waals surface area contributed by atoms with Gasteiger partial charge in [0.1, 0.15) is 11.8 Å². The Morgan fingerprint density at radius 1 is 1.13 bits per heavy atom. The van der Waals surface area contributed by atoms with E-state index in [-0.39, 0.29) is 55.4 Å². The van der Waals surface area contributed by atoms with E-state index in [0.29, 0.717) is 48.4 Å². The van der Waals surface area contributed by atoms with Crippen LogP contribution in [0, 0.1) is 12.8 Å². The number of nitrogens with zero attached hydrogens (tertiary/aromatic N) is 3. The second-order valence-electron chi connectivity index (χ2n) is 13.1. The van der Waals surface area contributed by atoms with Gasteiger partial charge in [-0.25, -0.2) is 4.79 Å². The number of esters is 1. The summed E-state index contributed by atoms with van der Waals surface area (Å²) in [6.07, 6.45) is -0.129. The summed E-state index contributed by atoms with van der Waals surface area (Å²) in [6, 6.07) is 2.10. The molecular formula is C33H51N5O8. The first-order chi connectivity index (χ1) is 21.5. The largest absolute Gasteiger partial charge is 0.476 e. The Balaban J connectivity index is 1.82. The van der Waals surface area contributed by atoms with E-state index in [4.69, 9.17) is 19.9 Å². The molecule has 0 spiro atoms. The lowest BCUT2D eigenvalue weighted by molar-refractivity contribution is -0.169. The van der Waals surface area contributed by atoms with E-state index in [1.807, 2.05) is 20.8 Å². The molecule has 1 aromatic carbocycles. The molecule has 256 valence electrons. The van der Waals surface area contributed by atoms with Gasteiger partial charge in [0.05, 0.1) is 11.7 Å². The molecule has 2 aliphatic rings. The minimum absolute atomic E-state index is 0.122. The topological polar surface area (TPSA) is 161 Å². The zero-order chi connectivity index (χ0) is 34.5. The van der Waals surface area contributed by atoms with Gasteiger partial charge in [-0.1, -0.05) is 20.8 Å². The highest BCUT2D eigenvalue weighted by Gasteiger charge is 2.42. The van der Waals surface area contributed by atoms with Crippen LogP contribution in [-0.4, -0.2) is 95.8 Å². The first-order valence-electron chi connectivity index (χ1n) is 16.1.